The van der Waals surface area contributed by atoms with Crippen molar-refractivity contribution >= 4 is 28.3 Å². The van der Waals surface area contributed by atoms with Crippen LogP contribution in [-0.2, 0) is 0 Å². The van der Waals surface area contributed by atoms with Crippen molar-refractivity contribution in [2.24, 2.45) is 11.5 Å². The van der Waals surface area contributed by atoms with E-state index in [4.69, 9.17) is 11.5 Å². The van der Waals surface area contributed by atoms with Gasteiger partial charge in [0.25, 0.3) is 0 Å². The van der Waals surface area contributed by atoms with Gasteiger partial charge in [-0.25, -0.2) is 8.78 Å². The second-order valence-corrected chi connectivity index (χ2v) is 4.15. The summed E-state index contributed by atoms with van der Waals surface area (Å²) in [6, 6.07) is 1.88. The summed E-state index contributed by atoms with van der Waals surface area (Å²) in [5.41, 5.74) is 10.9. The van der Waals surface area contributed by atoms with Crippen LogP contribution in [0, 0.1) is 11.6 Å². The molecule has 1 aromatic rings. The molecule has 0 spiro atoms. The van der Waals surface area contributed by atoms with Crippen LogP contribution in [0.1, 0.15) is 24.4 Å². The Balaban J connectivity index is 0.00000225. The van der Waals surface area contributed by atoms with Gasteiger partial charge >= 0.3 is 0 Å². The van der Waals surface area contributed by atoms with Crippen LogP contribution >= 0.6 is 28.3 Å². The molecular formula is C10H14BrClF2N2. The molecule has 6 heteroatoms. The van der Waals surface area contributed by atoms with Gasteiger partial charge in [-0.15, -0.1) is 12.4 Å². The number of hydrogen-bond acceptors (Lipinski definition) is 2. The summed E-state index contributed by atoms with van der Waals surface area (Å²) in [6.07, 6.45) is 1.12. The molecule has 0 amide bonds. The lowest BCUT2D eigenvalue weighted by Crippen LogP contribution is -2.16. The maximum atomic E-state index is 13.5. The highest BCUT2D eigenvalue weighted by molar-refractivity contribution is 9.10. The third-order valence-corrected chi connectivity index (χ3v) is 2.78. The predicted molar refractivity (Wildman–Crippen MR) is 66.5 cm³/mol. The standard InChI is InChI=1S/C10H13BrF2N2.ClH/c11-6-3-4-7(12)9(10(6)13)8(15)2-1-5-14;/h3-4,8H,1-2,5,14-15H2;1H/t8-;/m0./s1. The maximum Gasteiger partial charge on any atom is 0.145 e. The van der Waals surface area contributed by atoms with Crippen LogP contribution in [0.4, 0.5) is 8.78 Å². The van der Waals surface area contributed by atoms with Crippen LogP contribution in [0.5, 0.6) is 0 Å². The highest BCUT2D eigenvalue weighted by Gasteiger charge is 2.18. The molecule has 0 radical (unpaired) electrons. The van der Waals surface area contributed by atoms with Crippen molar-refractivity contribution < 1.29 is 8.78 Å². The Morgan fingerprint density at radius 3 is 2.50 bits per heavy atom. The summed E-state index contributed by atoms with van der Waals surface area (Å²) in [7, 11) is 0. The lowest BCUT2D eigenvalue weighted by Gasteiger charge is -2.14. The van der Waals surface area contributed by atoms with E-state index in [1.165, 1.54) is 12.1 Å². The Morgan fingerprint density at radius 2 is 1.94 bits per heavy atom. The van der Waals surface area contributed by atoms with Crippen LogP contribution in [0.2, 0.25) is 0 Å². The highest BCUT2D eigenvalue weighted by Crippen LogP contribution is 2.27. The van der Waals surface area contributed by atoms with Crippen molar-refractivity contribution in [3.8, 4) is 0 Å². The Kier molecular flexibility index (Phi) is 7.06. The van der Waals surface area contributed by atoms with Crippen LogP contribution < -0.4 is 11.5 Å². The van der Waals surface area contributed by atoms with E-state index in [0.29, 0.717) is 19.4 Å². The van der Waals surface area contributed by atoms with Crippen molar-refractivity contribution in [1.82, 2.24) is 0 Å². The van der Waals surface area contributed by atoms with Gasteiger partial charge in [-0.3, -0.25) is 0 Å². The van der Waals surface area contributed by atoms with E-state index in [1.807, 2.05) is 0 Å². The van der Waals surface area contributed by atoms with Gasteiger partial charge in [-0.2, -0.15) is 0 Å². The summed E-state index contributed by atoms with van der Waals surface area (Å²) in [4.78, 5) is 0. The first-order chi connectivity index (χ1) is 7.07. The monoisotopic (exact) mass is 314 g/mol. The lowest BCUT2D eigenvalue weighted by molar-refractivity contribution is 0.503. The molecule has 0 aliphatic rings. The van der Waals surface area contributed by atoms with Crippen LogP contribution in [0.15, 0.2) is 16.6 Å². The van der Waals surface area contributed by atoms with E-state index in [9.17, 15) is 8.78 Å². The zero-order valence-electron chi connectivity index (χ0n) is 8.55. The predicted octanol–water partition coefficient (Wildman–Crippen LogP) is 2.89. The minimum atomic E-state index is -0.647. The van der Waals surface area contributed by atoms with Crippen LogP contribution in [0.3, 0.4) is 0 Å². The molecule has 0 bridgehead atoms. The molecule has 0 aliphatic heterocycles. The van der Waals surface area contributed by atoms with Gasteiger partial charge in [0.1, 0.15) is 11.6 Å². The zero-order valence-corrected chi connectivity index (χ0v) is 11.0. The number of nitrogens with two attached hydrogens (primary N) is 2. The van der Waals surface area contributed by atoms with E-state index < -0.39 is 17.7 Å². The molecular weight excluding hydrogens is 301 g/mol. The molecule has 1 atom stereocenters. The highest BCUT2D eigenvalue weighted by atomic mass is 79.9. The summed E-state index contributed by atoms with van der Waals surface area (Å²) < 4.78 is 27.1. The molecule has 0 saturated carbocycles. The Labute approximate surface area is 108 Å². The Bertz CT molecular complexity index is 350. The fourth-order valence-electron chi connectivity index (χ4n) is 1.36. The SMILES string of the molecule is Cl.NCCC[C@H](N)c1c(F)ccc(Br)c1F. The molecule has 0 aromatic heterocycles. The molecule has 0 aliphatic carbocycles. The third-order valence-electron chi connectivity index (χ3n) is 2.17. The average Bonchev–Trinajstić information content (AvgIpc) is 2.21. The number of benzene rings is 1. The fraction of sp³-hybridized carbons (Fsp3) is 0.400. The van der Waals surface area contributed by atoms with Gasteiger partial charge in [0.05, 0.1) is 4.47 Å². The van der Waals surface area contributed by atoms with Crippen LogP contribution in [0.25, 0.3) is 0 Å². The van der Waals surface area contributed by atoms with Gasteiger partial charge in [0, 0.05) is 11.6 Å². The van der Waals surface area contributed by atoms with Gasteiger partial charge in [0.2, 0.25) is 0 Å². The topological polar surface area (TPSA) is 52.0 Å². The molecule has 2 nitrogen and oxygen atoms in total. The smallest absolute Gasteiger partial charge is 0.145 e. The van der Waals surface area contributed by atoms with Gasteiger partial charge in [0.15, 0.2) is 0 Å². The minimum absolute atomic E-state index is 0. The number of rotatable bonds is 4. The van der Waals surface area contributed by atoms with Crippen LogP contribution in [-0.4, -0.2) is 6.54 Å². The molecule has 0 unspecified atom stereocenters. The fourth-order valence-corrected chi connectivity index (χ4v) is 1.71. The van der Waals surface area contributed by atoms with E-state index in [1.54, 1.807) is 0 Å². The minimum Gasteiger partial charge on any atom is -0.330 e. The molecule has 0 heterocycles. The first-order valence-corrected chi connectivity index (χ1v) is 5.46. The second kappa shape index (κ2) is 7.17. The van der Waals surface area contributed by atoms with Gasteiger partial charge in [-0.05, 0) is 47.4 Å². The normalized spacial score (nSPS) is 12.1. The van der Waals surface area contributed by atoms with E-state index in [2.05, 4.69) is 15.9 Å². The third kappa shape index (κ3) is 3.66. The molecule has 4 N–H and O–H groups in total. The van der Waals surface area contributed by atoms with Crippen molar-refractivity contribution in [2.45, 2.75) is 18.9 Å². The largest absolute Gasteiger partial charge is 0.330 e. The van der Waals surface area contributed by atoms with Crippen molar-refractivity contribution in [1.29, 1.82) is 0 Å². The molecule has 1 aromatic carbocycles. The Hall–Kier alpha value is -0.230. The molecule has 16 heavy (non-hydrogen) atoms. The van der Waals surface area contributed by atoms with E-state index in [0.717, 1.165) is 0 Å². The maximum absolute atomic E-state index is 13.5. The first kappa shape index (κ1) is 15.8. The second-order valence-electron chi connectivity index (χ2n) is 3.29. The van der Waals surface area contributed by atoms with Gasteiger partial charge in [-0.1, -0.05) is 0 Å². The van der Waals surface area contributed by atoms with Crippen molar-refractivity contribution in [2.75, 3.05) is 6.54 Å². The number of hydrogen-bond donors (Lipinski definition) is 2. The average molecular weight is 316 g/mol. The van der Waals surface area contributed by atoms with Crippen molar-refractivity contribution in [3.05, 3.63) is 33.8 Å². The zero-order chi connectivity index (χ0) is 11.4. The Morgan fingerprint density at radius 1 is 1.31 bits per heavy atom. The molecule has 0 fully saturated rings. The lowest BCUT2D eigenvalue weighted by atomic mass is 10.0. The molecule has 92 valence electrons. The van der Waals surface area contributed by atoms with E-state index >= 15 is 0 Å². The van der Waals surface area contributed by atoms with E-state index in [-0.39, 0.29) is 22.4 Å². The summed E-state index contributed by atoms with van der Waals surface area (Å²) >= 11 is 2.99. The van der Waals surface area contributed by atoms with Crippen molar-refractivity contribution in [3.63, 3.8) is 0 Å². The summed E-state index contributed by atoms with van der Waals surface area (Å²) in [5.74, 6) is -1.24. The molecule has 1 rings (SSSR count). The number of halogens is 4. The van der Waals surface area contributed by atoms with Gasteiger partial charge < -0.3 is 11.5 Å². The quantitative estimate of drug-likeness (QED) is 0.839. The summed E-state index contributed by atoms with van der Waals surface area (Å²) in [5, 5.41) is 0. The summed E-state index contributed by atoms with van der Waals surface area (Å²) in [6.45, 7) is 0.463. The molecule has 0 saturated heterocycles. The first-order valence-electron chi connectivity index (χ1n) is 4.67.